The number of carbonyl (C=O) groups is 2. The zero-order chi connectivity index (χ0) is 14.3. The molecule has 6 heteroatoms. The number of hydrogen-bond donors (Lipinski definition) is 3. The van der Waals surface area contributed by atoms with Crippen LogP contribution in [0.5, 0.6) is 0 Å². The molecule has 0 spiro atoms. The second-order valence-electron chi connectivity index (χ2n) is 4.03. The number of rotatable bonds is 6. The van der Waals surface area contributed by atoms with E-state index in [1.54, 1.807) is 32.2 Å². The molecule has 19 heavy (non-hydrogen) atoms. The van der Waals surface area contributed by atoms with Gasteiger partial charge in [-0.15, -0.1) is 0 Å². The molecule has 1 atom stereocenters. The quantitative estimate of drug-likeness (QED) is 0.732. The highest BCUT2D eigenvalue weighted by Gasteiger charge is 2.17. The van der Waals surface area contributed by atoms with E-state index in [1.807, 2.05) is 6.07 Å². The number of anilines is 1. The summed E-state index contributed by atoms with van der Waals surface area (Å²) < 4.78 is 5.00. The van der Waals surface area contributed by atoms with Crippen molar-refractivity contribution in [3.05, 3.63) is 29.8 Å². The fraction of sp³-hybridized carbons (Fsp3) is 0.385. The standard InChI is InChI=1S/C13H18N2O4/c1-3-11(12(16)17)15-13(18)14-10-6-4-5-9(7-10)8-19-2/h4-7,11H,3,8H2,1-2H3,(H,16,17)(H2,14,15,18). The van der Waals surface area contributed by atoms with Gasteiger partial charge in [-0.25, -0.2) is 9.59 Å². The number of methoxy groups -OCH3 is 1. The fourth-order valence-corrected chi connectivity index (χ4v) is 1.57. The monoisotopic (exact) mass is 266 g/mol. The van der Waals surface area contributed by atoms with Crippen LogP contribution in [0.4, 0.5) is 10.5 Å². The van der Waals surface area contributed by atoms with Crippen molar-refractivity contribution in [2.75, 3.05) is 12.4 Å². The van der Waals surface area contributed by atoms with Gasteiger partial charge in [-0.05, 0) is 24.1 Å². The molecule has 2 amide bonds. The van der Waals surface area contributed by atoms with Gasteiger partial charge in [-0.1, -0.05) is 19.1 Å². The summed E-state index contributed by atoms with van der Waals surface area (Å²) in [5.41, 5.74) is 1.51. The summed E-state index contributed by atoms with van der Waals surface area (Å²) in [5, 5.41) is 13.8. The number of benzene rings is 1. The summed E-state index contributed by atoms with van der Waals surface area (Å²) in [6.45, 7) is 2.14. The highest BCUT2D eigenvalue weighted by Crippen LogP contribution is 2.11. The van der Waals surface area contributed by atoms with Gasteiger partial charge in [0.15, 0.2) is 0 Å². The third kappa shape index (κ3) is 4.97. The van der Waals surface area contributed by atoms with Gasteiger partial charge >= 0.3 is 12.0 Å². The maximum absolute atomic E-state index is 11.6. The van der Waals surface area contributed by atoms with Crippen LogP contribution in [0.25, 0.3) is 0 Å². The van der Waals surface area contributed by atoms with Gasteiger partial charge in [0.2, 0.25) is 0 Å². The minimum atomic E-state index is -1.05. The van der Waals surface area contributed by atoms with Gasteiger partial charge in [0, 0.05) is 12.8 Å². The van der Waals surface area contributed by atoms with E-state index in [9.17, 15) is 9.59 Å². The average molecular weight is 266 g/mol. The van der Waals surface area contributed by atoms with E-state index in [0.717, 1.165) is 5.56 Å². The number of urea groups is 1. The normalized spacial score (nSPS) is 11.7. The van der Waals surface area contributed by atoms with E-state index in [1.165, 1.54) is 0 Å². The molecule has 0 aliphatic heterocycles. The maximum Gasteiger partial charge on any atom is 0.326 e. The Morgan fingerprint density at radius 1 is 1.42 bits per heavy atom. The average Bonchev–Trinajstić information content (AvgIpc) is 2.36. The highest BCUT2D eigenvalue weighted by molar-refractivity contribution is 5.92. The lowest BCUT2D eigenvalue weighted by molar-refractivity contribution is -0.139. The minimum Gasteiger partial charge on any atom is -0.480 e. The van der Waals surface area contributed by atoms with Gasteiger partial charge < -0.3 is 20.5 Å². The van der Waals surface area contributed by atoms with Crippen molar-refractivity contribution in [3.63, 3.8) is 0 Å². The minimum absolute atomic E-state index is 0.326. The van der Waals surface area contributed by atoms with E-state index >= 15 is 0 Å². The van der Waals surface area contributed by atoms with E-state index in [4.69, 9.17) is 9.84 Å². The lowest BCUT2D eigenvalue weighted by Gasteiger charge is -2.13. The molecule has 0 fully saturated rings. The van der Waals surface area contributed by atoms with Gasteiger partial charge in [0.1, 0.15) is 6.04 Å². The molecule has 0 heterocycles. The molecular formula is C13H18N2O4. The number of carbonyl (C=O) groups excluding carboxylic acids is 1. The fourth-order valence-electron chi connectivity index (χ4n) is 1.57. The van der Waals surface area contributed by atoms with Crippen molar-refractivity contribution in [2.45, 2.75) is 26.0 Å². The maximum atomic E-state index is 11.6. The van der Waals surface area contributed by atoms with Crippen molar-refractivity contribution < 1.29 is 19.4 Å². The first-order chi connectivity index (χ1) is 9.06. The number of amides is 2. The van der Waals surface area contributed by atoms with Crippen LogP contribution in [0.3, 0.4) is 0 Å². The number of carboxylic acids is 1. The zero-order valence-electron chi connectivity index (χ0n) is 11.0. The Balaban J connectivity index is 2.61. The molecule has 0 aliphatic carbocycles. The first-order valence-corrected chi connectivity index (χ1v) is 5.95. The van der Waals surface area contributed by atoms with Crippen LogP contribution in [0.2, 0.25) is 0 Å². The summed E-state index contributed by atoms with van der Waals surface area (Å²) >= 11 is 0. The van der Waals surface area contributed by atoms with Gasteiger partial charge in [0.05, 0.1) is 6.61 Å². The van der Waals surface area contributed by atoms with Crippen molar-refractivity contribution in [1.29, 1.82) is 0 Å². The van der Waals surface area contributed by atoms with Crippen molar-refractivity contribution >= 4 is 17.7 Å². The molecule has 0 bridgehead atoms. The highest BCUT2D eigenvalue weighted by atomic mass is 16.5. The van der Waals surface area contributed by atoms with Crippen molar-refractivity contribution in [1.82, 2.24) is 5.32 Å². The Kier molecular flexibility index (Phi) is 5.81. The molecule has 104 valence electrons. The van der Waals surface area contributed by atoms with Crippen LogP contribution in [-0.2, 0) is 16.1 Å². The summed E-state index contributed by atoms with van der Waals surface area (Å²) in [6.07, 6.45) is 0.326. The van der Waals surface area contributed by atoms with Crippen LogP contribution >= 0.6 is 0 Å². The third-order valence-electron chi connectivity index (χ3n) is 2.51. The SMILES string of the molecule is CCC(NC(=O)Nc1cccc(COC)c1)C(=O)O. The van der Waals surface area contributed by atoms with E-state index in [-0.39, 0.29) is 0 Å². The smallest absolute Gasteiger partial charge is 0.326 e. The number of ether oxygens (including phenoxy) is 1. The molecule has 1 unspecified atom stereocenters. The van der Waals surface area contributed by atoms with Crippen LogP contribution in [0.1, 0.15) is 18.9 Å². The van der Waals surface area contributed by atoms with Crippen LogP contribution in [-0.4, -0.2) is 30.3 Å². The summed E-state index contributed by atoms with van der Waals surface area (Å²) in [6, 6.07) is 5.73. The van der Waals surface area contributed by atoms with Crippen LogP contribution < -0.4 is 10.6 Å². The summed E-state index contributed by atoms with van der Waals surface area (Å²) in [5.74, 6) is -1.05. The molecular weight excluding hydrogens is 248 g/mol. The number of hydrogen-bond acceptors (Lipinski definition) is 3. The second kappa shape index (κ2) is 7.38. The van der Waals surface area contributed by atoms with Gasteiger partial charge in [-0.3, -0.25) is 0 Å². The largest absolute Gasteiger partial charge is 0.480 e. The molecule has 3 N–H and O–H groups in total. The third-order valence-corrected chi connectivity index (χ3v) is 2.51. The van der Waals surface area contributed by atoms with Crippen LogP contribution in [0.15, 0.2) is 24.3 Å². The number of aliphatic carboxylic acids is 1. The molecule has 1 rings (SSSR count). The predicted molar refractivity (Wildman–Crippen MR) is 71.0 cm³/mol. The molecule has 6 nitrogen and oxygen atoms in total. The van der Waals surface area contributed by atoms with Crippen molar-refractivity contribution in [2.24, 2.45) is 0 Å². The van der Waals surface area contributed by atoms with E-state index < -0.39 is 18.0 Å². The molecule has 0 saturated carbocycles. The molecule has 1 aromatic carbocycles. The first-order valence-electron chi connectivity index (χ1n) is 5.95. The Bertz CT molecular complexity index is 448. The number of carboxylic acid groups (broad SMARTS) is 1. The Labute approximate surface area is 111 Å². The molecule has 0 aliphatic rings. The van der Waals surface area contributed by atoms with Gasteiger partial charge in [-0.2, -0.15) is 0 Å². The topological polar surface area (TPSA) is 87.7 Å². The molecule has 0 radical (unpaired) electrons. The van der Waals surface area contributed by atoms with Crippen LogP contribution in [0, 0.1) is 0 Å². The predicted octanol–water partition coefficient (Wildman–Crippen LogP) is 1.82. The Morgan fingerprint density at radius 2 is 2.16 bits per heavy atom. The second-order valence-corrected chi connectivity index (χ2v) is 4.03. The lowest BCUT2D eigenvalue weighted by Crippen LogP contribution is -2.42. The Morgan fingerprint density at radius 3 is 2.74 bits per heavy atom. The molecule has 0 aromatic heterocycles. The van der Waals surface area contributed by atoms with Crippen molar-refractivity contribution in [3.8, 4) is 0 Å². The number of nitrogens with one attached hydrogen (secondary N) is 2. The lowest BCUT2D eigenvalue weighted by atomic mass is 10.2. The molecule has 0 saturated heterocycles. The van der Waals surface area contributed by atoms with Gasteiger partial charge in [0.25, 0.3) is 0 Å². The summed E-state index contributed by atoms with van der Waals surface area (Å²) in [7, 11) is 1.59. The Hall–Kier alpha value is -2.08. The van der Waals surface area contributed by atoms with E-state index in [0.29, 0.717) is 18.7 Å². The first kappa shape index (κ1) is 15.0. The summed E-state index contributed by atoms with van der Waals surface area (Å²) in [4.78, 5) is 22.4. The molecule has 1 aromatic rings. The zero-order valence-corrected chi connectivity index (χ0v) is 11.0. The van der Waals surface area contributed by atoms with E-state index in [2.05, 4.69) is 10.6 Å².